The maximum atomic E-state index is 12.0. The first kappa shape index (κ1) is 15.7. The van der Waals surface area contributed by atoms with Crippen molar-refractivity contribution in [1.29, 1.82) is 0 Å². The van der Waals surface area contributed by atoms with Gasteiger partial charge in [0.25, 0.3) is 5.91 Å². The van der Waals surface area contributed by atoms with Gasteiger partial charge in [-0.2, -0.15) is 0 Å². The quantitative estimate of drug-likeness (QED) is 0.670. The van der Waals surface area contributed by atoms with Crippen molar-refractivity contribution in [3.05, 3.63) is 29.3 Å². The highest BCUT2D eigenvalue weighted by Gasteiger charge is 2.52. The minimum absolute atomic E-state index is 0.275. The third-order valence-electron chi connectivity index (χ3n) is 4.19. The molecule has 1 fully saturated rings. The van der Waals surface area contributed by atoms with Crippen LogP contribution in [0.5, 0.6) is 0 Å². The zero-order chi connectivity index (χ0) is 15.8. The highest BCUT2D eigenvalue weighted by atomic mass is 16.7. The third-order valence-corrected chi connectivity index (χ3v) is 4.19. The molecule has 0 saturated carbocycles. The Kier molecular flexibility index (Phi) is 3.95. The van der Waals surface area contributed by atoms with Crippen molar-refractivity contribution in [3.63, 3.8) is 0 Å². The maximum Gasteiger partial charge on any atom is 0.495 e. The minimum Gasteiger partial charge on any atom is -0.399 e. The standard InChI is InChI=1S/C15H20BNO4/c1-14(2)15(3,4)21-16(20-14)12-7-6-10(9-18)8-11(12)13(19)17-5/h6-9H,1-5H3,(H,17,19). The lowest BCUT2D eigenvalue weighted by atomic mass is 9.75. The van der Waals surface area contributed by atoms with E-state index >= 15 is 0 Å². The summed E-state index contributed by atoms with van der Waals surface area (Å²) in [5.41, 5.74) is 0.482. The van der Waals surface area contributed by atoms with Crippen LogP contribution in [0.3, 0.4) is 0 Å². The molecule has 0 spiro atoms. The number of amides is 1. The van der Waals surface area contributed by atoms with Crippen molar-refractivity contribution in [1.82, 2.24) is 5.32 Å². The summed E-state index contributed by atoms with van der Waals surface area (Å²) in [5, 5.41) is 2.57. The van der Waals surface area contributed by atoms with Crippen LogP contribution in [0.25, 0.3) is 0 Å². The minimum atomic E-state index is -0.636. The Morgan fingerprint density at radius 1 is 1.19 bits per heavy atom. The molecule has 1 aromatic carbocycles. The van der Waals surface area contributed by atoms with Crippen molar-refractivity contribution in [2.45, 2.75) is 38.9 Å². The van der Waals surface area contributed by atoms with E-state index in [4.69, 9.17) is 9.31 Å². The first-order chi connectivity index (χ1) is 9.71. The predicted molar refractivity (Wildman–Crippen MR) is 80.9 cm³/mol. The van der Waals surface area contributed by atoms with E-state index in [-0.39, 0.29) is 5.91 Å². The Hall–Kier alpha value is -1.66. The van der Waals surface area contributed by atoms with Gasteiger partial charge in [0.1, 0.15) is 6.29 Å². The fourth-order valence-electron chi connectivity index (χ4n) is 2.15. The molecule has 1 N–H and O–H groups in total. The van der Waals surface area contributed by atoms with Gasteiger partial charge in [0.05, 0.1) is 11.2 Å². The van der Waals surface area contributed by atoms with Crippen LogP contribution in [-0.2, 0) is 9.31 Å². The molecule has 2 rings (SSSR count). The average Bonchev–Trinajstić information content (AvgIpc) is 2.65. The Labute approximate surface area is 125 Å². The fourth-order valence-corrected chi connectivity index (χ4v) is 2.15. The second-order valence-corrected chi connectivity index (χ2v) is 6.13. The van der Waals surface area contributed by atoms with Gasteiger partial charge in [-0.25, -0.2) is 0 Å². The van der Waals surface area contributed by atoms with Gasteiger partial charge in [-0.05, 0) is 39.2 Å². The van der Waals surface area contributed by atoms with E-state index in [2.05, 4.69) is 5.32 Å². The zero-order valence-corrected chi connectivity index (χ0v) is 13.0. The number of nitrogens with one attached hydrogen (secondary N) is 1. The van der Waals surface area contributed by atoms with Gasteiger partial charge < -0.3 is 14.6 Å². The summed E-state index contributed by atoms with van der Waals surface area (Å²) in [5.74, 6) is -0.275. The molecule has 1 saturated heterocycles. The van der Waals surface area contributed by atoms with E-state index in [1.165, 1.54) is 0 Å². The van der Waals surface area contributed by atoms with Crippen LogP contribution in [0, 0.1) is 0 Å². The molecule has 0 aliphatic carbocycles. The lowest BCUT2D eigenvalue weighted by Gasteiger charge is -2.32. The molecule has 1 aliphatic heterocycles. The van der Waals surface area contributed by atoms with E-state index < -0.39 is 18.3 Å². The Bertz CT molecular complexity index is 567. The molecule has 1 aromatic rings. The van der Waals surface area contributed by atoms with Crippen LogP contribution in [0.1, 0.15) is 48.4 Å². The topological polar surface area (TPSA) is 64.6 Å². The van der Waals surface area contributed by atoms with Crippen LogP contribution >= 0.6 is 0 Å². The molecule has 112 valence electrons. The normalized spacial score (nSPS) is 19.4. The van der Waals surface area contributed by atoms with Crippen LogP contribution in [0.15, 0.2) is 18.2 Å². The van der Waals surface area contributed by atoms with E-state index in [0.717, 1.165) is 0 Å². The van der Waals surface area contributed by atoms with E-state index in [1.807, 2.05) is 27.7 Å². The van der Waals surface area contributed by atoms with E-state index in [0.29, 0.717) is 22.9 Å². The lowest BCUT2D eigenvalue weighted by molar-refractivity contribution is 0.00578. The number of rotatable bonds is 3. The summed E-state index contributed by atoms with van der Waals surface area (Å²) in [6.07, 6.45) is 0.709. The molecule has 21 heavy (non-hydrogen) atoms. The van der Waals surface area contributed by atoms with Gasteiger partial charge in [-0.1, -0.05) is 12.1 Å². The van der Waals surface area contributed by atoms with Gasteiger partial charge in [0.2, 0.25) is 0 Å². The maximum absolute atomic E-state index is 12.0. The number of hydrogen-bond donors (Lipinski definition) is 1. The molecular formula is C15H20BNO4. The summed E-state index contributed by atoms with van der Waals surface area (Å²) in [6.45, 7) is 7.80. The SMILES string of the molecule is CNC(=O)c1cc(C=O)ccc1B1OC(C)(C)C(C)(C)O1. The molecule has 1 heterocycles. The smallest absolute Gasteiger partial charge is 0.399 e. The molecule has 0 aromatic heterocycles. The summed E-state index contributed by atoms with van der Waals surface area (Å²) >= 11 is 0. The third kappa shape index (κ3) is 2.73. The molecule has 0 unspecified atom stereocenters. The van der Waals surface area contributed by atoms with Crippen molar-refractivity contribution >= 4 is 24.8 Å². The molecule has 1 aliphatic rings. The molecule has 0 radical (unpaired) electrons. The van der Waals surface area contributed by atoms with Crippen LogP contribution < -0.4 is 10.8 Å². The predicted octanol–water partition coefficient (Wildman–Crippen LogP) is 1.16. The lowest BCUT2D eigenvalue weighted by Crippen LogP contribution is -2.41. The number of hydrogen-bond acceptors (Lipinski definition) is 4. The molecule has 0 atom stereocenters. The molecule has 6 heteroatoms. The van der Waals surface area contributed by atoms with Gasteiger partial charge in [0, 0.05) is 18.2 Å². The van der Waals surface area contributed by atoms with Crippen molar-refractivity contribution < 1.29 is 18.9 Å². The number of benzene rings is 1. The van der Waals surface area contributed by atoms with Crippen LogP contribution in [0.4, 0.5) is 0 Å². The molecule has 1 amide bonds. The summed E-state index contributed by atoms with van der Waals surface area (Å²) in [6, 6.07) is 4.91. The number of aldehydes is 1. The van der Waals surface area contributed by atoms with Crippen LogP contribution in [0.2, 0.25) is 0 Å². The molecule has 5 nitrogen and oxygen atoms in total. The molecular weight excluding hydrogens is 269 g/mol. The highest BCUT2D eigenvalue weighted by Crippen LogP contribution is 2.36. The summed E-state index contributed by atoms with van der Waals surface area (Å²) in [4.78, 5) is 23.0. The fraction of sp³-hybridized carbons (Fsp3) is 0.467. The Balaban J connectivity index is 2.45. The largest absolute Gasteiger partial charge is 0.495 e. The van der Waals surface area contributed by atoms with Gasteiger partial charge >= 0.3 is 7.12 Å². The molecule has 0 bridgehead atoms. The van der Waals surface area contributed by atoms with Gasteiger partial charge in [-0.3, -0.25) is 9.59 Å². The van der Waals surface area contributed by atoms with E-state index in [9.17, 15) is 9.59 Å². The number of carbonyl (C=O) groups excluding carboxylic acids is 2. The summed E-state index contributed by atoms with van der Waals surface area (Å²) < 4.78 is 11.9. The average molecular weight is 289 g/mol. The van der Waals surface area contributed by atoms with Crippen molar-refractivity contribution in [2.24, 2.45) is 0 Å². The van der Waals surface area contributed by atoms with Crippen LogP contribution in [-0.4, -0.2) is 37.6 Å². The second-order valence-electron chi connectivity index (χ2n) is 6.13. The van der Waals surface area contributed by atoms with Crippen molar-refractivity contribution in [2.75, 3.05) is 7.05 Å². The highest BCUT2D eigenvalue weighted by molar-refractivity contribution is 6.63. The van der Waals surface area contributed by atoms with Gasteiger partial charge in [0.15, 0.2) is 0 Å². The van der Waals surface area contributed by atoms with Gasteiger partial charge in [-0.15, -0.1) is 0 Å². The monoisotopic (exact) mass is 289 g/mol. The second kappa shape index (κ2) is 5.28. The first-order valence-corrected chi connectivity index (χ1v) is 6.88. The first-order valence-electron chi connectivity index (χ1n) is 6.88. The zero-order valence-electron chi connectivity index (χ0n) is 13.0. The van der Waals surface area contributed by atoms with E-state index in [1.54, 1.807) is 25.2 Å². The van der Waals surface area contributed by atoms with Crippen molar-refractivity contribution in [3.8, 4) is 0 Å². The Morgan fingerprint density at radius 3 is 2.24 bits per heavy atom. The Morgan fingerprint density at radius 2 is 1.76 bits per heavy atom. The summed E-state index contributed by atoms with van der Waals surface area (Å²) in [7, 11) is 0.909. The number of carbonyl (C=O) groups is 2.